The van der Waals surface area contributed by atoms with Crippen LogP contribution in [0.15, 0.2) is 18.2 Å². The molecule has 0 aliphatic heterocycles. The van der Waals surface area contributed by atoms with Gasteiger partial charge in [-0.2, -0.15) is 0 Å². The molecule has 0 aromatic heterocycles. The summed E-state index contributed by atoms with van der Waals surface area (Å²) in [7, 11) is 0. The fraction of sp³-hybridized carbons (Fsp3) is 0.400. The third-order valence-electron chi connectivity index (χ3n) is 2.00. The lowest BCUT2D eigenvalue weighted by atomic mass is 9.98. The molecule has 0 amide bonds. The maximum absolute atomic E-state index is 5.82. The quantitative estimate of drug-likeness (QED) is 0.716. The fourth-order valence-corrected chi connectivity index (χ4v) is 1.55. The highest BCUT2D eigenvalue weighted by molar-refractivity contribution is 5.85. The van der Waals surface area contributed by atoms with Crippen LogP contribution in [0, 0.1) is 13.8 Å². The van der Waals surface area contributed by atoms with Gasteiger partial charge in [0.15, 0.2) is 0 Å². The van der Waals surface area contributed by atoms with Gasteiger partial charge in [0.1, 0.15) is 0 Å². The van der Waals surface area contributed by atoms with Crippen LogP contribution in [0.1, 0.15) is 29.7 Å². The molecular formula is C10H16ClN. The van der Waals surface area contributed by atoms with Gasteiger partial charge in [-0.25, -0.2) is 0 Å². The Morgan fingerprint density at radius 2 is 1.58 bits per heavy atom. The Bertz CT molecular complexity index is 236. The van der Waals surface area contributed by atoms with E-state index in [1.807, 2.05) is 6.92 Å². The van der Waals surface area contributed by atoms with E-state index in [0.717, 1.165) is 0 Å². The summed E-state index contributed by atoms with van der Waals surface area (Å²) in [6, 6.07) is 6.42. The van der Waals surface area contributed by atoms with Gasteiger partial charge in [0.05, 0.1) is 0 Å². The van der Waals surface area contributed by atoms with Gasteiger partial charge in [-0.15, -0.1) is 12.4 Å². The molecule has 2 heteroatoms. The predicted molar refractivity (Wildman–Crippen MR) is 55.8 cm³/mol. The predicted octanol–water partition coefficient (Wildman–Crippen LogP) is 2.74. The van der Waals surface area contributed by atoms with E-state index in [1.165, 1.54) is 16.7 Å². The highest BCUT2D eigenvalue weighted by Gasteiger charge is 2.04. The van der Waals surface area contributed by atoms with Crippen molar-refractivity contribution in [3.63, 3.8) is 0 Å². The fourth-order valence-electron chi connectivity index (χ4n) is 1.55. The van der Waals surface area contributed by atoms with Crippen LogP contribution in [0.5, 0.6) is 0 Å². The zero-order chi connectivity index (χ0) is 8.43. The lowest BCUT2D eigenvalue weighted by Crippen LogP contribution is -2.08. The minimum Gasteiger partial charge on any atom is -0.324 e. The van der Waals surface area contributed by atoms with Crippen LogP contribution in [-0.4, -0.2) is 0 Å². The molecule has 2 N–H and O–H groups in total. The van der Waals surface area contributed by atoms with Gasteiger partial charge in [0, 0.05) is 6.04 Å². The summed E-state index contributed by atoms with van der Waals surface area (Å²) in [5, 5.41) is 0. The second kappa shape index (κ2) is 4.48. The Morgan fingerprint density at radius 1 is 1.17 bits per heavy atom. The number of aryl methyl sites for hydroxylation is 2. The molecule has 0 aliphatic carbocycles. The van der Waals surface area contributed by atoms with Crippen molar-refractivity contribution in [2.45, 2.75) is 26.8 Å². The molecule has 1 atom stereocenters. The summed E-state index contributed by atoms with van der Waals surface area (Å²) in [5.74, 6) is 0. The lowest BCUT2D eigenvalue weighted by Gasteiger charge is -2.12. The summed E-state index contributed by atoms with van der Waals surface area (Å²) in [6.07, 6.45) is 0. The number of rotatable bonds is 1. The first-order valence-electron chi connectivity index (χ1n) is 3.94. The first-order chi connectivity index (χ1) is 5.13. The van der Waals surface area contributed by atoms with Crippen molar-refractivity contribution in [1.29, 1.82) is 0 Å². The van der Waals surface area contributed by atoms with Gasteiger partial charge in [-0.05, 0) is 37.5 Å². The van der Waals surface area contributed by atoms with Crippen molar-refractivity contribution < 1.29 is 0 Å². The molecule has 1 aromatic rings. The summed E-state index contributed by atoms with van der Waals surface area (Å²) in [6.45, 7) is 6.23. The van der Waals surface area contributed by atoms with E-state index >= 15 is 0 Å². The van der Waals surface area contributed by atoms with E-state index in [4.69, 9.17) is 5.73 Å². The van der Waals surface area contributed by atoms with Crippen molar-refractivity contribution in [2.24, 2.45) is 5.73 Å². The van der Waals surface area contributed by atoms with Crippen LogP contribution < -0.4 is 5.73 Å². The molecule has 0 aliphatic rings. The van der Waals surface area contributed by atoms with Crippen LogP contribution >= 0.6 is 12.4 Å². The van der Waals surface area contributed by atoms with Gasteiger partial charge in [0.2, 0.25) is 0 Å². The number of hydrogen-bond donors (Lipinski definition) is 1. The molecule has 0 saturated carbocycles. The molecule has 1 rings (SSSR count). The molecule has 0 heterocycles. The molecule has 1 aromatic carbocycles. The molecule has 1 nitrogen and oxygen atoms in total. The average Bonchev–Trinajstić information content (AvgIpc) is 1.85. The zero-order valence-electron chi connectivity index (χ0n) is 7.79. The molecule has 12 heavy (non-hydrogen) atoms. The van der Waals surface area contributed by atoms with Gasteiger partial charge in [0.25, 0.3) is 0 Å². The third kappa shape index (κ3) is 2.23. The average molecular weight is 186 g/mol. The minimum absolute atomic E-state index is 0. The molecule has 0 radical (unpaired) electrons. The van der Waals surface area contributed by atoms with Crippen LogP contribution in [0.4, 0.5) is 0 Å². The van der Waals surface area contributed by atoms with E-state index in [-0.39, 0.29) is 18.4 Å². The van der Waals surface area contributed by atoms with Crippen LogP contribution in [-0.2, 0) is 0 Å². The molecule has 68 valence electrons. The van der Waals surface area contributed by atoms with Crippen LogP contribution in [0.25, 0.3) is 0 Å². The van der Waals surface area contributed by atoms with Gasteiger partial charge in [-0.1, -0.05) is 18.2 Å². The summed E-state index contributed by atoms with van der Waals surface area (Å²) < 4.78 is 0. The topological polar surface area (TPSA) is 26.0 Å². The van der Waals surface area contributed by atoms with Crippen LogP contribution in [0.3, 0.4) is 0 Å². The highest BCUT2D eigenvalue weighted by Crippen LogP contribution is 2.18. The summed E-state index contributed by atoms with van der Waals surface area (Å²) >= 11 is 0. The monoisotopic (exact) mass is 185 g/mol. The number of nitrogens with two attached hydrogens (primary N) is 1. The van der Waals surface area contributed by atoms with E-state index in [0.29, 0.717) is 0 Å². The molecule has 0 unspecified atom stereocenters. The molecule has 0 spiro atoms. The summed E-state index contributed by atoms with van der Waals surface area (Å²) in [5.41, 5.74) is 9.68. The Hall–Kier alpha value is -0.530. The smallest absolute Gasteiger partial charge is 0.0271 e. The molecule has 0 fully saturated rings. The highest BCUT2D eigenvalue weighted by atomic mass is 35.5. The summed E-state index contributed by atoms with van der Waals surface area (Å²) in [4.78, 5) is 0. The lowest BCUT2D eigenvalue weighted by molar-refractivity contribution is 0.801. The Labute approximate surface area is 80.4 Å². The van der Waals surface area contributed by atoms with Crippen molar-refractivity contribution in [1.82, 2.24) is 0 Å². The maximum atomic E-state index is 5.82. The van der Waals surface area contributed by atoms with E-state index in [2.05, 4.69) is 32.0 Å². The second-order valence-corrected chi connectivity index (χ2v) is 3.09. The Morgan fingerprint density at radius 3 is 1.83 bits per heavy atom. The van der Waals surface area contributed by atoms with Gasteiger partial charge in [-0.3, -0.25) is 0 Å². The van der Waals surface area contributed by atoms with Crippen LogP contribution in [0.2, 0.25) is 0 Å². The second-order valence-electron chi connectivity index (χ2n) is 3.09. The normalized spacial score (nSPS) is 12.0. The Balaban J connectivity index is 0.00000121. The minimum atomic E-state index is 0. The molecular weight excluding hydrogens is 170 g/mol. The van der Waals surface area contributed by atoms with E-state index < -0.39 is 0 Å². The molecule has 0 bridgehead atoms. The first-order valence-corrected chi connectivity index (χ1v) is 3.94. The molecule has 0 saturated heterocycles. The SMILES string of the molecule is Cc1cccc(C)c1[C@H](C)N.Cl. The first kappa shape index (κ1) is 11.5. The standard InChI is InChI=1S/C10H15N.ClH/c1-7-5-4-6-8(2)10(7)9(3)11;/h4-6,9H,11H2,1-3H3;1H/t9-;/m0./s1. The van der Waals surface area contributed by atoms with Crippen molar-refractivity contribution in [3.8, 4) is 0 Å². The number of hydrogen-bond acceptors (Lipinski definition) is 1. The third-order valence-corrected chi connectivity index (χ3v) is 2.00. The van der Waals surface area contributed by atoms with E-state index in [1.54, 1.807) is 0 Å². The van der Waals surface area contributed by atoms with Gasteiger partial charge < -0.3 is 5.73 Å². The maximum Gasteiger partial charge on any atom is 0.0271 e. The van der Waals surface area contributed by atoms with Crippen molar-refractivity contribution in [3.05, 3.63) is 34.9 Å². The van der Waals surface area contributed by atoms with E-state index in [9.17, 15) is 0 Å². The Kier molecular flexibility index (Phi) is 4.29. The van der Waals surface area contributed by atoms with Gasteiger partial charge >= 0.3 is 0 Å². The van der Waals surface area contributed by atoms with Crippen molar-refractivity contribution in [2.75, 3.05) is 0 Å². The number of halogens is 1. The number of benzene rings is 1. The van der Waals surface area contributed by atoms with Crippen molar-refractivity contribution >= 4 is 12.4 Å². The zero-order valence-corrected chi connectivity index (χ0v) is 8.61. The largest absolute Gasteiger partial charge is 0.324 e.